The highest BCUT2D eigenvalue weighted by Gasteiger charge is 2.30. The molecule has 3 heterocycles. The van der Waals surface area contributed by atoms with Crippen LogP contribution in [0.25, 0.3) is 17.3 Å². The summed E-state index contributed by atoms with van der Waals surface area (Å²) in [6.45, 7) is 2.20. The van der Waals surface area contributed by atoms with Crippen molar-refractivity contribution >= 4 is 40.8 Å². The number of carbonyl (C=O) groups is 1. The lowest BCUT2D eigenvalue weighted by atomic mass is 10.1. The van der Waals surface area contributed by atoms with E-state index in [4.69, 9.17) is 42.4 Å². The first-order valence-corrected chi connectivity index (χ1v) is 12.9. The van der Waals surface area contributed by atoms with Gasteiger partial charge in [-0.3, -0.25) is 0 Å². The number of nitrogens with zero attached hydrogens (tertiary/aromatic N) is 3. The van der Waals surface area contributed by atoms with Gasteiger partial charge in [-0.1, -0.05) is 35.3 Å². The number of fused-ring (bicyclic) bond motifs is 2. The molecule has 1 fully saturated rings. The zero-order chi connectivity index (χ0) is 26.4. The van der Waals surface area contributed by atoms with Crippen molar-refractivity contribution in [3.05, 3.63) is 92.9 Å². The Morgan fingerprint density at radius 1 is 1.11 bits per heavy atom. The van der Waals surface area contributed by atoms with Gasteiger partial charge in [-0.2, -0.15) is 5.10 Å². The molecule has 38 heavy (non-hydrogen) atoms. The number of para-hydroxylation sites is 1. The van der Waals surface area contributed by atoms with Gasteiger partial charge in [0.15, 0.2) is 5.75 Å². The first-order valence-electron chi connectivity index (χ1n) is 12.2. The molecule has 0 bridgehead atoms. The highest BCUT2D eigenvalue weighted by molar-refractivity contribution is 6.37. The molecule has 2 aromatic heterocycles. The summed E-state index contributed by atoms with van der Waals surface area (Å²) < 4.78 is 19.0. The Bertz CT molecular complexity index is 1590. The predicted octanol–water partition coefficient (Wildman–Crippen LogP) is 7.48. The van der Waals surface area contributed by atoms with E-state index < -0.39 is 5.97 Å². The number of methoxy groups -OCH3 is 1. The Hall–Kier alpha value is -3.81. The van der Waals surface area contributed by atoms with E-state index in [1.165, 1.54) is 7.11 Å². The fourth-order valence-corrected chi connectivity index (χ4v) is 5.13. The SMILES string of the molecule is COC(=O)c1ccc2c(c1)Oc1ccc(OCc3c(C4CC4)cnn3-c3c(Cl)cccc3Cl)nc1C(C)=C2. The first-order chi connectivity index (χ1) is 18.4. The van der Waals surface area contributed by atoms with Crippen molar-refractivity contribution in [2.24, 2.45) is 0 Å². The van der Waals surface area contributed by atoms with Crippen LogP contribution in [0.15, 0.2) is 54.7 Å². The van der Waals surface area contributed by atoms with Crippen molar-refractivity contribution in [1.82, 2.24) is 14.8 Å². The van der Waals surface area contributed by atoms with Crippen molar-refractivity contribution in [2.45, 2.75) is 32.3 Å². The number of halogens is 2. The minimum Gasteiger partial charge on any atom is -0.471 e. The van der Waals surface area contributed by atoms with Crippen molar-refractivity contribution in [3.8, 4) is 23.1 Å². The zero-order valence-electron chi connectivity index (χ0n) is 20.7. The van der Waals surface area contributed by atoms with Crippen LogP contribution in [0, 0.1) is 0 Å². The van der Waals surface area contributed by atoms with Crippen LogP contribution in [0.1, 0.15) is 58.6 Å². The third-order valence-corrected chi connectivity index (χ3v) is 7.27. The van der Waals surface area contributed by atoms with E-state index in [2.05, 4.69) is 5.10 Å². The number of pyridine rings is 1. The van der Waals surface area contributed by atoms with E-state index >= 15 is 0 Å². The average molecular weight is 548 g/mol. The van der Waals surface area contributed by atoms with Crippen LogP contribution < -0.4 is 9.47 Å². The van der Waals surface area contributed by atoms with Gasteiger partial charge >= 0.3 is 5.97 Å². The summed E-state index contributed by atoms with van der Waals surface area (Å²) in [5.74, 6) is 1.59. The molecular weight excluding hydrogens is 525 g/mol. The minimum atomic E-state index is -0.425. The molecular formula is C29H23Cl2N3O4. The number of rotatable bonds is 6. The summed E-state index contributed by atoms with van der Waals surface area (Å²) in [7, 11) is 1.35. The second-order valence-corrected chi connectivity index (χ2v) is 10.1. The number of carbonyl (C=O) groups excluding carboxylic acids is 1. The minimum absolute atomic E-state index is 0.242. The molecule has 1 aliphatic heterocycles. The van der Waals surface area contributed by atoms with Crippen molar-refractivity contribution < 1.29 is 19.0 Å². The smallest absolute Gasteiger partial charge is 0.337 e. The molecule has 7 nitrogen and oxygen atoms in total. The van der Waals surface area contributed by atoms with E-state index in [0.717, 1.165) is 35.2 Å². The molecule has 2 aromatic carbocycles. The normalized spacial score (nSPS) is 14.1. The molecule has 1 aliphatic carbocycles. The highest BCUT2D eigenvalue weighted by Crippen LogP contribution is 2.43. The predicted molar refractivity (Wildman–Crippen MR) is 146 cm³/mol. The monoisotopic (exact) mass is 547 g/mol. The summed E-state index contributed by atoms with van der Waals surface area (Å²) >= 11 is 13.0. The standard InChI is InChI=1S/C29H23Cl2N3O4/c1-16-12-18-8-9-19(29(35)36-2)13-25(18)38-24-10-11-26(33-27(16)24)37-15-23-20(17-6-7-17)14-32-34(23)28-21(30)4-3-5-22(28)31/h3-5,8-14,17H,6-7,15H2,1-2H3. The van der Waals surface area contributed by atoms with Crippen LogP contribution in [0.2, 0.25) is 10.0 Å². The number of hydrogen-bond donors (Lipinski definition) is 0. The maximum absolute atomic E-state index is 12.0. The molecule has 0 radical (unpaired) electrons. The number of benzene rings is 2. The fraction of sp³-hybridized carbons (Fsp3) is 0.207. The quantitative estimate of drug-likeness (QED) is 0.233. The maximum atomic E-state index is 12.0. The Balaban J connectivity index is 1.30. The van der Waals surface area contributed by atoms with Crippen LogP contribution >= 0.6 is 23.2 Å². The molecule has 0 atom stereocenters. The lowest BCUT2D eigenvalue weighted by Crippen LogP contribution is -2.09. The second-order valence-electron chi connectivity index (χ2n) is 9.26. The summed E-state index contributed by atoms with van der Waals surface area (Å²) in [4.78, 5) is 16.7. The maximum Gasteiger partial charge on any atom is 0.337 e. The van der Waals surface area contributed by atoms with Crippen LogP contribution in [-0.2, 0) is 11.3 Å². The summed E-state index contributed by atoms with van der Waals surface area (Å²) in [5.41, 5.74) is 5.47. The third-order valence-electron chi connectivity index (χ3n) is 6.66. The van der Waals surface area contributed by atoms with Crippen molar-refractivity contribution in [3.63, 3.8) is 0 Å². The van der Waals surface area contributed by atoms with E-state index in [0.29, 0.717) is 50.3 Å². The van der Waals surface area contributed by atoms with Crippen LogP contribution in [0.5, 0.6) is 17.4 Å². The molecule has 0 unspecified atom stereocenters. The van der Waals surface area contributed by atoms with Crippen molar-refractivity contribution in [1.29, 1.82) is 0 Å². The molecule has 6 rings (SSSR count). The van der Waals surface area contributed by atoms with Crippen LogP contribution in [0.3, 0.4) is 0 Å². The van der Waals surface area contributed by atoms with Gasteiger partial charge in [-0.15, -0.1) is 0 Å². The molecule has 192 valence electrons. The summed E-state index contributed by atoms with van der Waals surface area (Å²) in [5, 5.41) is 5.64. The van der Waals surface area contributed by atoms with Gasteiger partial charge < -0.3 is 14.2 Å². The molecule has 4 aromatic rings. The molecule has 0 spiro atoms. The number of hydrogen-bond acceptors (Lipinski definition) is 6. The van der Waals surface area contributed by atoms with E-state index in [9.17, 15) is 4.79 Å². The topological polar surface area (TPSA) is 75.5 Å². The Labute approximate surface area is 229 Å². The average Bonchev–Trinajstić information content (AvgIpc) is 3.70. The van der Waals surface area contributed by atoms with Gasteiger partial charge in [0.05, 0.1) is 34.6 Å². The third kappa shape index (κ3) is 4.52. The lowest BCUT2D eigenvalue weighted by molar-refractivity contribution is 0.0600. The molecule has 2 aliphatic rings. The van der Waals surface area contributed by atoms with E-state index in [1.54, 1.807) is 35.0 Å². The number of ether oxygens (including phenoxy) is 3. The second kappa shape index (κ2) is 9.82. The summed E-state index contributed by atoms with van der Waals surface area (Å²) in [6.07, 6.45) is 6.08. The fourth-order valence-electron chi connectivity index (χ4n) is 4.57. The molecule has 0 amide bonds. The largest absolute Gasteiger partial charge is 0.471 e. The van der Waals surface area contributed by atoms with Crippen LogP contribution in [-0.4, -0.2) is 27.8 Å². The van der Waals surface area contributed by atoms with Crippen molar-refractivity contribution in [2.75, 3.05) is 7.11 Å². The van der Waals surface area contributed by atoms with Gasteiger partial charge in [0, 0.05) is 17.2 Å². The molecule has 1 saturated carbocycles. The zero-order valence-corrected chi connectivity index (χ0v) is 22.2. The number of esters is 1. The Morgan fingerprint density at radius 3 is 2.63 bits per heavy atom. The van der Waals surface area contributed by atoms with Gasteiger partial charge in [-0.25, -0.2) is 14.5 Å². The lowest BCUT2D eigenvalue weighted by Gasteiger charge is -2.14. The van der Waals surface area contributed by atoms with E-state index in [-0.39, 0.29) is 6.61 Å². The van der Waals surface area contributed by atoms with Gasteiger partial charge in [0.1, 0.15) is 23.7 Å². The molecule has 0 N–H and O–H groups in total. The highest BCUT2D eigenvalue weighted by atomic mass is 35.5. The Morgan fingerprint density at radius 2 is 1.89 bits per heavy atom. The molecule has 0 saturated heterocycles. The van der Waals surface area contributed by atoms with Gasteiger partial charge in [0.25, 0.3) is 0 Å². The number of allylic oxidation sites excluding steroid dienone is 1. The van der Waals surface area contributed by atoms with Gasteiger partial charge in [-0.05, 0) is 67.7 Å². The molecule has 9 heteroatoms. The van der Waals surface area contributed by atoms with E-state index in [1.807, 2.05) is 37.4 Å². The van der Waals surface area contributed by atoms with Gasteiger partial charge in [0.2, 0.25) is 5.88 Å². The van der Waals surface area contributed by atoms with Crippen LogP contribution in [0.4, 0.5) is 0 Å². The number of aromatic nitrogens is 3. The first kappa shape index (κ1) is 24.5. The Kier molecular flexibility index (Phi) is 6.33. The summed E-state index contributed by atoms with van der Waals surface area (Å²) in [6, 6.07) is 14.2.